The van der Waals surface area contributed by atoms with Gasteiger partial charge in [0.05, 0.1) is 0 Å². The summed E-state index contributed by atoms with van der Waals surface area (Å²) in [6.45, 7) is 9.41. The first-order valence-electron chi connectivity index (χ1n) is 19.8. The molecule has 0 saturated carbocycles. The molecule has 5 aromatic rings. The molecule has 4 aliphatic rings. The Hall–Kier alpha value is -5.26. The number of nitrogens with zero attached hydrogens (tertiary/aromatic N) is 1. The van der Waals surface area contributed by atoms with Gasteiger partial charge < -0.3 is 4.90 Å². The van der Waals surface area contributed by atoms with Gasteiger partial charge in [-0.3, -0.25) is 0 Å². The number of benzene rings is 5. The Balaban J connectivity index is 1.00. The molecule has 3 aliphatic carbocycles. The van der Waals surface area contributed by atoms with Gasteiger partial charge in [-0.1, -0.05) is 135 Å². The number of rotatable bonds is 5. The molecule has 1 heterocycles. The summed E-state index contributed by atoms with van der Waals surface area (Å²) in [5, 5.41) is 2.54. The van der Waals surface area contributed by atoms with Gasteiger partial charge in [0.1, 0.15) is 0 Å². The smallest absolute Gasteiger partial charge is 0.157 e. The highest BCUT2D eigenvalue weighted by molar-refractivity contribution is 6.46. The molecule has 5 aromatic carbocycles. The van der Waals surface area contributed by atoms with Crippen molar-refractivity contribution in [3.8, 4) is 23.0 Å². The maximum Gasteiger partial charge on any atom is 0.157 e. The van der Waals surface area contributed by atoms with Gasteiger partial charge in [-0.2, -0.15) is 0 Å². The molecule has 9 rings (SSSR count). The number of allylic oxidation sites excluding steroid dienone is 8. The van der Waals surface area contributed by atoms with Crippen LogP contribution in [0.15, 0.2) is 150 Å². The molecule has 2 heteroatoms. The summed E-state index contributed by atoms with van der Waals surface area (Å²) in [6.07, 6.45) is 15.2. The van der Waals surface area contributed by atoms with Crippen LogP contribution in [0.25, 0.3) is 27.5 Å². The molecule has 0 fully saturated rings. The highest BCUT2D eigenvalue weighted by Gasteiger charge is 2.37. The van der Waals surface area contributed by atoms with Crippen molar-refractivity contribution < 1.29 is 0 Å². The van der Waals surface area contributed by atoms with Gasteiger partial charge in [0.15, 0.2) is 7.28 Å². The van der Waals surface area contributed by atoms with E-state index >= 15 is 0 Å². The standard InChI is InChI=1S/C51H48BN/c1-34-11-10-12-35(2)47-31-40(23-28-50(47)52-33-34)37-17-18-39-30-44(26-21-38(39)29-37)53(42-13-6-5-7-14-42)43-24-19-36(20-25-43)41-22-27-46-45-15-8-9-16-48(45)51(3,4)49(46)32-41/h5-7,9,13-14,16-30,32,34-35,40,52H,8,11,15,31,33H2,1-4H3/t34?,35-,40-/m0/s1. The van der Waals surface area contributed by atoms with E-state index in [1.165, 1.54) is 56.0 Å². The van der Waals surface area contributed by atoms with Gasteiger partial charge in [-0.25, -0.2) is 0 Å². The number of hydrogen-bond donors (Lipinski definition) is 0. The Labute approximate surface area is 317 Å². The summed E-state index contributed by atoms with van der Waals surface area (Å²) in [5.74, 6) is 8.44. The van der Waals surface area contributed by atoms with E-state index in [1.807, 2.05) is 0 Å². The fourth-order valence-electron chi connectivity index (χ4n) is 9.31. The average molecular weight is 686 g/mol. The van der Waals surface area contributed by atoms with Crippen molar-refractivity contribution in [1.29, 1.82) is 0 Å². The molecular formula is C51H48BN. The van der Waals surface area contributed by atoms with Crippen molar-refractivity contribution in [2.45, 2.75) is 71.0 Å². The SMILES string of the molecule is CC1CBC2=C(C[C@@H](c3ccc4cc(N(c5ccccc5)c5ccc(-c6ccc7c(c6)C(C)(C)C6=C7CCC=C6)cc5)ccc4c3)C=C2)[C@@H](C)C#CC1. The van der Waals surface area contributed by atoms with Crippen LogP contribution in [0.3, 0.4) is 0 Å². The fourth-order valence-corrected chi connectivity index (χ4v) is 9.31. The van der Waals surface area contributed by atoms with Crippen LogP contribution in [0.1, 0.15) is 76.0 Å². The van der Waals surface area contributed by atoms with Crippen molar-refractivity contribution in [2.24, 2.45) is 11.8 Å². The van der Waals surface area contributed by atoms with E-state index in [0.717, 1.165) is 50.0 Å². The van der Waals surface area contributed by atoms with E-state index in [0.29, 0.717) is 17.8 Å². The first-order chi connectivity index (χ1) is 25.8. The van der Waals surface area contributed by atoms with Crippen LogP contribution in [0, 0.1) is 23.7 Å². The lowest BCUT2D eigenvalue weighted by atomic mass is 9.58. The number of anilines is 3. The second-order valence-corrected chi connectivity index (χ2v) is 16.3. The molecule has 260 valence electrons. The van der Waals surface area contributed by atoms with Crippen molar-refractivity contribution >= 4 is 40.7 Å². The van der Waals surface area contributed by atoms with Gasteiger partial charge in [0.25, 0.3) is 0 Å². The molecule has 0 radical (unpaired) electrons. The van der Waals surface area contributed by atoms with Crippen LogP contribution in [0.4, 0.5) is 17.1 Å². The van der Waals surface area contributed by atoms with Crippen LogP contribution in [0.2, 0.25) is 6.32 Å². The summed E-state index contributed by atoms with van der Waals surface area (Å²) in [7, 11) is 1.16. The quantitative estimate of drug-likeness (QED) is 0.131. The number of hydrogen-bond acceptors (Lipinski definition) is 1. The van der Waals surface area contributed by atoms with Gasteiger partial charge in [0.2, 0.25) is 0 Å². The number of para-hydroxylation sites is 1. The van der Waals surface area contributed by atoms with Crippen LogP contribution in [-0.4, -0.2) is 7.28 Å². The molecule has 0 N–H and O–H groups in total. The minimum absolute atomic E-state index is 0.0349. The third-order valence-corrected chi connectivity index (χ3v) is 12.4. The molecule has 53 heavy (non-hydrogen) atoms. The Kier molecular flexibility index (Phi) is 8.63. The zero-order valence-corrected chi connectivity index (χ0v) is 31.6. The molecule has 0 aromatic heterocycles. The minimum atomic E-state index is 0.0349. The summed E-state index contributed by atoms with van der Waals surface area (Å²) in [4.78, 5) is 2.38. The van der Waals surface area contributed by atoms with E-state index in [1.54, 1.807) is 11.1 Å². The first kappa shape index (κ1) is 33.6. The van der Waals surface area contributed by atoms with Crippen LogP contribution >= 0.6 is 0 Å². The Morgan fingerprint density at radius 2 is 1.51 bits per heavy atom. The third-order valence-electron chi connectivity index (χ3n) is 12.4. The van der Waals surface area contributed by atoms with Crippen LogP contribution in [-0.2, 0) is 5.41 Å². The average Bonchev–Trinajstić information content (AvgIpc) is 3.46. The number of fused-ring (bicyclic) bond motifs is 3. The molecule has 1 nitrogen and oxygen atoms in total. The van der Waals surface area contributed by atoms with Crippen molar-refractivity contribution in [2.75, 3.05) is 4.90 Å². The van der Waals surface area contributed by atoms with Gasteiger partial charge in [-0.05, 0) is 124 Å². The second kappa shape index (κ2) is 13.6. The maximum atomic E-state index is 3.58. The lowest BCUT2D eigenvalue weighted by molar-refractivity contribution is 0.651. The van der Waals surface area contributed by atoms with Crippen LogP contribution in [0.5, 0.6) is 0 Å². The Morgan fingerprint density at radius 1 is 0.755 bits per heavy atom. The minimum Gasteiger partial charge on any atom is -0.310 e. The molecule has 1 aliphatic heterocycles. The molecule has 3 atom stereocenters. The molecule has 0 amide bonds. The Bertz CT molecular complexity index is 2410. The van der Waals surface area contributed by atoms with E-state index in [-0.39, 0.29) is 5.41 Å². The molecular weight excluding hydrogens is 637 g/mol. The lowest BCUT2D eigenvalue weighted by Crippen LogP contribution is -2.16. The van der Waals surface area contributed by atoms with Gasteiger partial charge >= 0.3 is 0 Å². The van der Waals surface area contributed by atoms with Crippen molar-refractivity contribution in [3.63, 3.8) is 0 Å². The predicted octanol–water partition coefficient (Wildman–Crippen LogP) is 13.2. The van der Waals surface area contributed by atoms with E-state index in [4.69, 9.17) is 0 Å². The van der Waals surface area contributed by atoms with E-state index in [9.17, 15) is 0 Å². The largest absolute Gasteiger partial charge is 0.310 e. The highest BCUT2D eigenvalue weighted by atomic mass is 15.1. The van der Waals surface area contributed by atoms with Crippen LogP contribution < -0.4 is 4.90 Å². The van der Waals surface area contributed by atoms with Gasteiger partial charge in [0, 0.05) is 40.7 Å². The normalized spacial score (nSPS) is 21.4. The van der Waals surface area contributed by atoms with Crippen molar-refractivity contribution in [1.82, 2.24) is 0 Å². The lowest BCUT2D eigenvalue weighted by Gasteiger charge is -2.27. The Morgan fingerprint density at radius 3 is 2.36 bits per heavy atom. The zero-order chi connectivity index (χ0) is 36.1. The topological polar surface area (TPSA) is 3.24 Å². The molecule has 1 unspecified atom stereocenters. The highest BCUT2D eigenvalue weighted by Crippen LogP contribution is 2.51. The summed E-state index contributed by atoms with van der Waals surface area (Å²) in [6, 6.07) is 41.0. The maximum absolute atomic E-state index is 3.58. The van der Waals surface area contributed by atoms with Gasteiger partial charge in [-0.15, -0.1) is 5.92 Å². The zero-order valence-electron chi connectivity index (χ0n) is 31.6. The predicted molar refractivity (Wildman–Crippen MR) is 229 cm³/mol. The fraction of sp³-hybridized carbons (Fsp3) is 0.255. The summed E-state index contributed by atoms with van der Waals surface area (Å²) < 4.78 is 0. The first-order valence-corrected chi connectivity index (χ1v) is 19.8. The third kappa shape index (κ3) is 6.21. The molecule has 0 bridgehead atoms. The molecule has 0 spiro atoms. The molecule has 0 saturated heterocycles. The second-order valence-electron chi connectivity index (χ2n) is 16.3. The monoisotopic (exact) mass is 685 g/mol. The van der Waals surface area contributed by atoms with E-state index in [2.05, 4.69) is 178 Å². The summed E-state index contributed by atoms with van der Waals surface area (Å²) >= 11 is 0. The van der Waals surface area contributed by atoms with Crippen molar-refractivity contribution in [3.05, 3.63) is 167 Å². The van der Waals surface area contributed by atoms with E-state index < -0.39 is 0 Å². The summed E-state index contributed by atoms with van der Waals surface area (Å²) in [5.41, 5.74) is 16.4.